The molecule has 0 aromatic heterocycles. The van der Waals surface area contributed by atoms with Gasteiger partial charge in [0.2, 0.25) is 0 Å². The van der Waals surface area contributed by atoms with E-state index in [9.17, 15) is 0 Å². The zero-order chi connectivity index (χ0) is 8.55. The van der Waals surface area contributed by atoms with E-state index in [1.54, 1.807) is 0 Å². The van der Waals surface area contributed by atoms with Crippen molar-refractivity contribution in [2.75, 3.05) is 5.75 Å². The van der Waals surface area contributed by atoms with Gasteiger partial charge in [-0.2, -0.15) is 0 Å². The van der Waals surface area contributed by atoms with Crippen LogP contribution in [0, 0.1) is 3.57 Å². The summed E-state index contributed by atoms with van der Waals surface area (Å²) in [6.07, 6.45) is 1.11. The van der Waals surface area contributed by atoms with E-state index in [0.717, 1.165) is 12.2 Å². The molecule has 1 heterocycles. The Morgan fingerprint density at radius 2 is 2.33 bits per heavy atom. The molecule has 0 spiro atoms. The van der Waals surface area contributed by atoms with Gasteiger partial charge in [0.05, 0.1) is 0 Å². The van der Waals surface area contributed by atoms with Crippen LogP contribution in [0.25, 0.3) is 0 Å². The van der Waals surface area contributed by atoms with Crippen LogP contribution < -0.4 is 5.73 Å². The van der Waals surface area contributed by atoms with E-state index in [1.165, 1.54) is 14.0 Å². The second-order valence-electron chi connectivity index (χ2n) is 2.93. The van der Waals surface area contributed by atoms with Crippen LogP contribution in [0.2, 0.25) is 0 Å². The van der Waals surface area contributed by atoms with Crippen molar-refractivity contribution < 1.29 is 0 Å². The zero-order valence-corrected chi connectivity index (χ0v) is 9.56. The lowest BCUT2D eigenvalue weighted by Crippen LogP contribution is -2.15. The molecule has 0 amide bonds. The Kier molecular flexibility index (Phi) is 2.62. The second-order valence-corrected chi connectivity index (χ2v) is 5.31. The number of nitrogens with two attached hydrogens (primary N) is 1. The third-order valence-corrected chi connectivity index (χ3v) is 3.84. The van der Waals surface area contributed by atoms with E-state index in [0.29, 0.717) is 0 Å². The number of hydrogen-bond acceptors (Lipinski definition) is 2. The number of halogens is 1. The van der Waals surface area contributed by atoms with Crippen LogP contribution in [-0.4, -0.2) is 5.75 Å². The standard InChI is InChI=1S/C9H10INS/c10-6-1-2-7-8(11)3-4-12-9(7)5-6/h1-2,5,8H,3-4,11H2/t8-/m0/s1. The summed E-state index contributed by atoms with van der Waals surface area (Å²) in [6, 6.07) is 6.77. The highest BCUT2D eigenvalue weighted by Gasteiger charge is 2.16. The highest BCUT2D eigenvalue weighted by atomic mass is 127. The Balaban J connectivity index is 2.46. The van der Waals surface area contributed by atoms with Crippen LogP contribution in [0.15, 0.2) is 23.1 Å². The predicted octanol–water partition coefficient (Wildman–Crippen LogP) is 2.79. The molecule has 0 aliphatic carbocycles. The first-order valence-corrected chi connectivity index (χ1v) is 6.01. The van der Waals surface area contributed by atoms with E-state index >= 15 is 0 Å². The summed E-state index contributed by atoms with van der Waals surface area (Å²) in [5.41, 5.74) is 7.31. The number of rotatable bonds is 0. The van der Waals surface area contributed by atoms with Gasteiger partial charge >= 0.3 is 0 Å². The van der Waals surface area contributed by atoms with Gasteiger partial charge in [-0.15, -0.1) is 11.8 Å². The highest BCUT2D eigenvalue weighted by molar-refractivity contribution is 14.1. The molecule has 0 radical (unpaired) electrons. The first-order valence-electron chi connectivity index (χ1n) is 3.95. The lowest BCUT2D eigenvalue weighted by Gasteiger charge is -2.21. The molecule has 1 nitrogen and oxygen atoms in total. The minimum Gasteiger partial charge on any atom is -0.324 e. The number of hydrogen-bond donors (Lipinski definition) is 1. The second kappa shape index (κ2) is 3.55. The normalized spacial score (nSPS) is 22.0. The molecule has 0 saturated carbocycles. The van der Waals surface area contributed by atoms with E-state index in [4.69, 9.17) is 5.73 Å². The van der Waals surface area contributed by atoms with Crippen molar-refractivity contribution in [2.45, 2.75) is 17.4 Å². The van der Waals surface area contributed by atoms with Crippen molar-refractivity contribution in [2.24, 2.45) is 5.73 Å². The van der Waals surface area contributed by atoms with E-state index in [2.05, 4.69) is 40.8 Å². The fraction of sp³-hybridized carbons (Fsp3) is 0.333. The summed E-state index contributed by atoms with van der Waals surface area (Å²) >= 11 is 4.26. The van der Waals surface area contributed by atoms with Crippen molar-refractivity contribution >= 4 is 34.4 Å². The average Bonchev–Trinajstić information content (AvgIpc) is 2.04. The maximum atomic E-state index is 5.98. The quantitative estimate of drug-likeness (QED) is 0.744. The SMILES string of the molecule is N[C@H]1CCSc2cc(I)ccc21. The lowest BCUT2D eigenvalue weighted by molar-refractivity contribution is 0.680. The van der Waals surface area contributed by atoms with E-state index < -0.39 is 0 Å². The van der Waals surface area contributed by atoms with Crippen LogP contribution >= 0.6 is 34.4 Å². The fourth-order valence-corrected chi connectivity index (χ4v) is 3.28. The molecular weight excluding hydrogens is 281 g/mol. The van der Waals surface area contributed by atoms with Crippen LogP contribution in [0.5, 0.6) is 0 Å². The maximum absolute atomic E-state index is 5.98. The summed E-state index contributed by atoms with van der Waals surface area (Å²) < 4.78 is 1.30. The Morgan fingerprint density at radius 1 is 1.50 bits per heavy atom. The average molecular weight is 291 g/mol. The van der Waals surface area contributed by atoms with Crippen LogP contribution in [0.3, 0.4) is 0 Å². The number of thioether (sulfide) groups is 1. The first kappa shape index (κ1) is 8.84. The van der Waals surface area contributed by atoms with Crippen molar-refractivity contribution in [1.29, 1.82) is 0 Å². The molecule has 1 aliphatic rings. The monoisotopic (exact) mass is 291 g/mol. The van der Waals surface area contributed by atoms with Gasteiger partial charge in [0.15, 0.2) is 0 Å². The number of benzene rings is 1. The zero-order valence-electron chi connectivity index (χ0n) is 6.59. The molecule has 2 N–H and O–H groups in total. The molecule has 0 unspecified atom stereocenters. The summed E-state index contributed by atoms with van der Waals surface area (Å²) in [5, 5.41) is 0. The number of fused-ring (bicyclic) bond motifs is 1. The van der Waals surface area contributed by atoms with Crippen LogP contribution in [0.4, 0.5) is 0 Å². The van der Waals surface area contributed by atoms with Crippen LogP contribution in [0.1, 0.15) is 18.0 Å². The van der Waals surface area contributed by atoms with Crippen molar-refractivity contribution in [1.82, 2.24) is 0 Å². The highest BCUT2D eigenvalue weighted by Crippen LogP contribution is 2.35. The van der Waals surface area contributed by atoms with E-state index in [1.807, 2.05) is 11.8 Å². The maximum Gasteiger partial charge on any atom is 0.0314 e. The molecule has 12 heavy (non-hydrogen) atoms. The molecule has 2 rings (SSSR count). The predicted molar refractivity (Wildman–Crippen MR) is 61.4 cm³/mol. The molecule has 1 aliphatic heterocycles. The van der Waals surface area contributed by atoms with Gasteiger partial charge in [-0.05, 0) is 52.5 Å². The molecule has 1 aromatic rings. The van der Waals surface area contributed by atoms with Gasteiger partial charge in [0.25, 0.3) is 0 Å². The molecule has 0 fully saturated rings. The molecule has 1 aromatic carbocycles. The minimum absolute atomic E-state index is 0.262. The van der Waals surface area contributed by atoms with Crippen LogP contribution in [-0.2, 0) is 0 Å². The van der Waals surface area contributed by atoms with Gasteiger partial charge in [0, 0.05) is 14.5 Å². The molecule has 0 saturated heterocycles. The summed E-state index contributed by atoms with van der Waals surface area (Å²) in [6.45, 7) is 0. The summed E-state index contributed by atoms with van der Waals surface area (Å²) in [5.74, 6) is 1.16. The van der Waals surface area contributed by atoms with Gasteiger partial charge in [-0.1, -0.05) is 6.07 Å². The lowest BCUT2D eigenvalue weighted by atomic mass is 10.1. The van der Waals surface area contributed by atoms with Crippen molar-refractivity contribution in [3.63, 3.8) is 0 Å². The molecule has 1 atom stereocenters. The topological polar surface area (TPSA) is 26.0 Å². The van der Waals surface area contributed by atoms with Crippen molar-refractivity contribution in [3.05, 3.63) is 27.3 Å². The minimum atomic E-state index is 0.262. The largest absolute Gasteiger partial charge is 0.324 e. The van der Waals surface area contributed by atoms with Gasteiger partial charge in [-0.3, -0.25) is 0 Å². The smallest absolute Gasteiger partial charge is 0.0314 e. The Hall–Kier alpha value is 0.260. The molecule has 64 valence electrons. The van der Waals surface area contributed by atoms with Crippen molar-refractivity contribution in [3.8, 4) is 0 Å². The third kappa shape index (κ3) is 1.63. The van der Waals surface area contributed by atoms with Gasteiger partial charge in [-0.25, -0.2) is 0 Å². The van der Waals surface area contributed by atoms with E-state index in [-0.39, 0.29) is 6.04 Å². The fourth-order valence-electron chi connectivity index (χ4n) is 1.39. The van der Waals surface area contributed by atoms with Gasteiger partial charge < -0.3 is 5.73 Å². The summed E-state index contributed by atoms with van der Waals surface area (Å²) in [4.78, 5) is 1.38. The Morgan fingerprint density at radius 3 is 3.17 bits per heavy atom. The van der Waals surface area contributed by atoms with Gasteiger partial charge in [0.1, 0.15) is 0 Å². The molecular formula is C9H10INS. The molecule has 3 heteroatoms. The summed E-state index contributed by atoms with van der Waals surface area (Å²) in [7, 11) is 0. The Labute approximate surface area is 90.2 Å². The molecule has 0 bridgehead atoms. The Bertz CT molecular complexity index is 301. The third-order valence-electron chi connectivity index (χ3n) is 2.06. The first-order chi connectivity index (χ1) is 5.77.